The summed E-state index contributed by atoms with van der Waals surface area (Å²) < 4.78 is 18.8. The van der Waals surface area contributed by atoms with E-state index in [4.69, 9.17) is 4.74 Å². The summed E-state index contributed by atoms with van der Waals surface area (Å²) in [6.07, 6.45) is 2.13. The number of halogens is 1. The van der Waals surface area contributed by atoms with Crippen LogP contribution in [0.3, 0.4) is 0 Å². The molecule has 0 atom stereocenters. The molecule has 1 aliphatic rings. The van der Waals surface area contributed by atoms with Gasteiger partial charge in [-0.1, -0.05) is 0 Å². The molecule has 0 radical (unpaired) electrons. The fraction of sp³-hybridized carbons (Fsp3) is 0.308. The minimum Gasteiger partial charge on any atom is -0.496 e. The monoisotopic (exact) mass is 233 g/mol. The van der Waals surface area contributed by atoms with Gasteiger partial charge in [0.2, 0.25) is 0 Å². The Hall–Kier alpha value is -1.84. The van der Waals surface area contributed by atoms with Gasteiger partial charge in [-0.15, -0.1) is 0 Å². The molecular formula is C13H12FNO2. The molecule has 88 valence electrons. The lowest BCUT2D eigenvalue weighted by atomic mass is 10.1. The summed E-state index contributed by atoms with van der Waals surface area (Å²) in [5, 5.41) is 0.289. The van der Waals surface area contributed by atoms with Gasteiger partial charge >= 0.3 is 0 Å². The summed E-state index contributed by atoms with van der Waals surface area (Å²) in [4.78, 5) is 15.0. The Kier molecular flexibility index (Phi) is 2.18. The van der Waals surface area contributed by atoms with Crippen LogP contribution in [0.15, 0.2) is 23.0 Å². The minimum absolute atomic E-state index is 0.183. The predicted molar refractivity (Wildman–Crippen MR) is 63.1 cm³/mol. The first-order chi connectivity index (χ1) is 8.20. The van der Waals surface area contributed by atoms with Gasteiger partial charge in [0.15, 0.2) is 5.43 Å². The second kappa shape index (κ2) is 3.58. The van der Waals surface area contributed by atoms with Crippen LogP contribution >= 0.6 is 0 Å². The van der Waals surface area contributed by atoms with E-state index >= 15 is 0 Å². The molecule has 1 saturated carbocycles. The van der Waals surface area contributed by atoms with Crippen LogP contribution in [-0.4, -0.2) is 12.1 Å². The van der Waals surface area contributed by atoms with Gasteiger partial charge in [0.05, 0.1) is 18.0 Å². The van der Waals surface area contributed by atoms with E-state index in [0.717, 1.165) is 18.5 Å². The van der Waals surface area contributed by atoms with Crippen molar-refractivity contribution in [2.75, 3.05) is 7.11 Å². The lowest BCUT2D eigenvalue weighted by Gasteiger charge is -2.07. The van der Waals surface area contributed by atoms with Gasteiger partial charge in [-0.2, -0.15) is 0 Å². The summed E-state index contributed by atoms with van der Waals surface area (Å²) in [5.74, 6) is 0.378. The lowest BCUT2D eigenvalue weighted by Crippen LogP contribution is -2.07. The molecule has 1 aromatic heterocycles. The van der Waals surface area contributed by atoms with Gasteiger partial charge in [-0.25, -0.2) is 4.39 Å². The van der Waals surface area contributed by atoms with Crippen molar-refractivity contribution < 1.29 is 9.13 Å². The smallest absolute Gasteiger partial charge is 0.193 e. The van der Waals surface area contributed by atoms with Gasteiger partial charge in [-0.3, -0.25) is 4.79 Å². The SMILES string of the molecule is COc1ccc(F)c2[nH]c(C3CC3)cc(=O)c12. The van der Waals surface area contributed by atoms with Gasteiger partial charge in [-0.05, 0) is 30.9 Å². The number of aromatic nitrogens is 1. The van der Waals surface area contributed by atoms with Gasteiger partial charge in [0, 0.05) is 11.8 Å². The molecule has 4 heteroatoms. The molecule has 0 unspecified atom stereocenters. The number of aromatic amines is 1. The number of hydrogen-bond donors (Lipinski definition) is 1. The van der Waals surface area contributed by atoms with Crippen molar-refractivity contribution >= 4 is 10.9 Å². The summed E-state index contributed by atoms with van der Waals surface area (Å²) in [5.41, 5.74) is 0.894. The van der Waals surface area contributed by atoms with Crippen molar-refractivity contribution in [2.45, 2.75) is 18.8 Å². The number of hydrogen-bond acceptors (Lipinski definition) is 2. The van der Waals surface area contributed by atoms with E-state index in [9.17, 15) is 9.18 Å². The number of benzene rings is 1. The highest BCUT2D eigenvalue weighted by Gasteiger charge is 2.25. The van der Waals surface area contributed by atoms with Crippen molar-refractivity contribution in [3.05, 3.63) is 39.9 Å². The summed E-state index contributed by atoms with van der Waals surface area (Å²) in [6, 6.07) is 4.35. The summed E-state index contributed by atoms with van der Waals surface area (Å²) in [6.45, 7) is 0. The second-order valence-corrected chi connectivity index (χ2v) is 4.36. The number of H-pyrrole nitrogens is 1. The van der Waals surface area contributed by atoms with Gasteiger partial charge < -0.3 is 9.72 Å². The maximum absolute atomic E-state index is 13.7. The molecule has 3 nitrogen and oxygen atoms in total. The highest BCUT2D eigenvalue weighted by Crippen LogP contribution is 2.39. The minimum atomic E-state index is -0.416. The predicted octanol–water partition coefficient (Wildman–Crippen LogP) is 2.55. The molecule has 3 rings (SSSR count). The van der Waals surface area contributed by atoms with E-state index in [1.165, 1.54) is 19.2 Å². The molecule has 0 saturated heterocycles. The summed E-state index contributed by atoms with van der Waals surface area (Å²) in [7, 11) is 1.47. The van der Waals surface area contributed by atoms with Crippen LogP contribution in [0, 0.1) is 5.82 Å². The Labute approximate surface area is 97.2 Å². The third kappa shape index (κ3) is 1.60. The molecule has 1 aliphatic carbocycles. The first-order valence-electron chi connectivity index (χ1n) is 5.60. The molecule has 0 aliphatic heterocycles. The molecule has 0 bridgehead atoms. The van der Waals surface area contributed by atoms with E-state index in [-0.39, 0.29) is 16.3 Å². The van der Waals surface area contributed by atoms with Crippen LogP contribution < -0.4 is 10.2 Å². The van der Waals surface area contributed by atoms with Gasteiger partial charge in [0.25, 0.3) is 0 Å². The molecule has 1 heterocycles. The number of nitrogens with one attached hydrogen (secondary N) is 1. The second-order valence-electron chi connectivity index (χ2n) is 4.36. The molecular weight excluding hydrogens is 221 g/mol. The maximum atomic E-state index is 13.7. The van der Waals surface area contributed by atoms with Crippen LogP contribution in [0.25, 0.3) is 10.9 Å². The Morgan fingerprint density at radius 3 is 2.82 bits per heavy atom. The molecule has 1 aromatic carbocycles. The first-order valence-corrected chi connectivity index (χ1v) is 5.60. The quantitative estimate of drug-likeness (QED) is 0.866. The van der Waals surface area contributed by atoms with Gasteiger partial charge in [0.1, 0.15) is 11.6 Å². The van der Waals surface area contributed by atoms with E-state index in [2.05, 4.69) is 4.98 Å². The van der Waals surface area contributed by atoms with E-state index in [1.807, 2.05) is 0 Å². The van der Waals surface area contributed by atoms with Crippen molar-refractivity contribution in [1.29, 1.82) is 0 Å². The molecule has 2 aromatic rings. The fourth-order valence-electron chi connectivity index (χ4n) is 2.10. The third-order valence-electron chi connectivity index (χ3n) is 3.16. The van der Waals surface area contributed by atoms with Crippen LogP contribution in [-0.2, 0) is 0 Å². The number of rotatable bonds is 2. The van der Waals surface area contributed by atoms with Crippen molar-refractivity contribution in [3.63, 3.8) is 0 Å². The lowest BCUT2D eigenvalue weighted by molar-refractivity contribution is 0.419. The normalized spacial score (nSPS) is 15.2. The fourth-order valence-corrected chi connectivity index (χ4v) is 2.10. The number of ether oxygens (including phenoxy) is 1. The van der Waals surface area contributed by atoms with E-state index in [0.29, 0.717) is 11.7 Å². The Morgan fingerprint density at radius 2 is 2.18 bits per heavy atom. The Bertz CT molecular complexity index is 644. The Morgan fingerprint density at radius 1 is 1.41 bits per heavy atom. The van der Waals surface area contributed by atoms with Crippen molar-refractivity contribution in [2.24, 2.45) is 0 Å². The number of fused-ring (bicyclic) bond motifs is 1. The Balaban J connectivity index is 2.37. The first kappa shape index (κ1) is 10.3. The van der Waals surface area contributed by atoms with Crippen molar-refractivity contribution in [1.82, 2.24) is 4.98 Å². The standard InChI is InChI=1S/C13H12FNO2/c1-17-11-5-4-8(14)13-12(11)10(16)6-9(15-13)7-2-3-7/h4-7H,2-3H2,1H3,(H,15,16). The molecule has 0 spiro atoms. The largest absolute Gasteiger partial charge is 0.496 e. The number of methoxy groups -OCH3 is 1. The average Bonchev–Trinajstić information content (AvgIpc) is 3.14. The average molecular weight is 233 g/mol. The summed E-state index contributed by atoms with van der Waals surface area (Å²) >= 11 is 0. The van der Waals surface area contributed by atoms with Crippen LogP contribution in [0.1, 0.15) is 24.5 Å². The van der Waals surface area contributed by atoms with Crippen LogP contribution in [0.2, 0.25) is 0 Å². The third-order valence-corrected chi connectivity index (χ3v) is 3.16. The zero-order valence-electron chi connectivity index (χ0n) is 9.42. The van der Waals surface area contributed by atoms with Crippen LogP contribution in [0.5, 0.6) is 5.75 Å². The maximum Gasteiger partial charge on any atom is 0.193 e. The molecule has 1 fully saturated rings. The molecule has 1 N–H and O–H groups in total. The topological polar surface area (TPSA) is 42.1 Å². The molecule has 17 heavy (non-hydrogen) atoms. The number of pyridine rings is 1. The highest BCUT2D eigenvalue weighted by atomic mass is 19.1. The van der Waals surface area contributed by atoms with Crippen molar-refractivity contribution in [3.8, 4) is 5.75 Å². The van der Waals surface area contributed by atoms with E-state index in [1.54, 1.807) is 6.07 Å². The molecule has 0 amide bonds. The highest BCUT2D eigenvalue weighted by molar-refractivity contribution is 5.85. The van der Waals surface area contributed by atoms with E-state index < -0.39 is 5.82 Å². The van der Waals surface area contributed by atoms with Crippen LogP contribution in [0.4, 0.5) is 4.39 Å². The zero-order chi connectivity index (χ0) is 12.0. The zero-order valence-corrected chi connectivity index (χ0v) is 9.42.